The number of methoxy groups -OCH3 is 1. The Hall–Kier alpha value is -2.90. The van der Waals surface area contributed by atoms with E-state index in [0.717, 1.165) is 5.56 Å². The van der Waals surface area contributed by atoms with E-state index < -0.39 is 5.66 Å². The molecule has 2 aliphatic heterocycles. The molecule has 2 aromatic carbocycles. The molecular formula is C22H23ClN4O3. The fraction of sp³-hybridized carbons (Fsp3) is 0.318. The lowest BCUT2D eigenvalue weighted by Crippen LogP contribution is -2.52. The predicted molar refractivity (Wildman–Crippen MR) is 116 cm³/mol. The van der Waals surface area contributed by atoms with Crippen molar-refractivity contribution in [2.45, 2.75) is 18.5 Å². The zero-order valence-electron chi connectivity index (χ0n) is 16.7. The molecule has 1 fully saturated rings. The van der Waals surface area contributed by atoms with Gasteiger partial charge < -0.3 is 15.4 Å². The Morgan fingerprint density at radius 3 is 2.73 bits per heavy atom. The number of anilines is 1. The van der Waals surface area contributed by atoms with Gasteiger partial charge in [-0.3, -0.25) is 19.5 Å². The number of hydrogen-bond donors (Lipinski definition) is 2. The van der Waals surface area contributed by atoms with E-state index in [1.807, 2.05) is 30.3 Å². The van der Waals surface area contributed by atoms with E-state index in [0.29, 0.717) is 48.1 Å². The number of rotatable bonds is 5. The Labute approximate surface area is 180 Å². The molecule has 2 heterocycles. The van der Waals surface area contributed by atoms with Crippen molar-refractivity contribution in [1.82, 2.24) is 10.2 Å². The second kappa shape index (κ2) is 8.45. The second-order valence-corrected chi connectivity index (χ2v) is 7.95. The summed E-state index contributed by atoms with van der Waals surface area (Å²) < 4.78 is 5.18. The molecule has 8 heteroatoms. The van der Waals surface area contributed by atoms with Crippen molar-refractivity contribution in [3.63, 3.8) is 0 Å². The third-order valence-electron chi connectivity index (χ3n) is 5.39. The molecule has 0 radical (unpaired) electrons. The summed E-state index contributed by atoms with van der Waals surface area (Å²) in [7, 11) is 1.59. The highest BCUT2D eigenvalue weighted by atomic mass is 35.5. The van der Waals surface area contributed by atoms with Crippen LogP contribution in [0, 0.1) is 0 Å². The van der Waals surface area contributed by atoms with Crippen LogP contribution in [-0.4, -0.2) is 54.8 Å². The summed E-state index contributed by atoms with van der Waals surface area (Å²) in [6.07, 6.45) is 1.30. The number of piperidine rings is 1. The molecule has 2 amide bonds. The van der Waals surface area contributed by atoms with Crippen LogP contribution in [0.3, 0.4) is 0 Å². The fourth-order valence-corrected chi connectivity index (χ4v) is 4.01. The average Bonchev–Trinajstić information content (AvgIpc) is 3.06. The van der Waals surface area contributed by atoms with E-state index in [9.17, 15) is 9.59 Å². The molecule has 2 aromatic rings. The molecule has 30 heavy (non-hydrogen) atoms. The van der Waals surface area contributed by atoms with Gasteiger partial charge in [-0.05, 0) is 24.3 Å². The summed E-state index contributed by atoms with van der Waals surface area (Å²) in [6.45, 7) is 1.61. The summed E-state index contributed by atoms with van der Waals surface area (Å²) in [6, 6.07) is 14.4. The molecule has 0 unspecified atom stereocenters. The monoisotopic (exact) mass is 426 g/mol. The van der Waals surface area contributed by atoms with Crippen LogP contribution >= 0.6 is 11.6 Å². The van der Waals surface area contributed by atoms with Gasteiger partial charge in [0.25, 0.3) is 5.91 Å². The van der Waals surface area contributed by atoms with Gasteiger partial charge in [-0.2, -0.15) is 0 Å². The number of hydrogen-bond acceptors (Lipinski definition) is 5. The van der Waals surface area contributed by atoms with Gasteiger partial charge in [-0.15, -0.1) is 0 Å². The first-order valence-electron chi connectivity index (χ1n) is 9.81. The Bertz CT molecular complexity index is 999. The zero-order valence-corrected chi connectivity index (χ0v) is 17.4. The number of carbonyl (C=O) groups excluding carboxylic acids is 2. The highest BCUT2D eigenvalue weighted by Crippen LogP contribution is 2.29. The highest BCUT2D eigenvalue weighted by molar-refractivity contribution is 6.47. The first-order chi connectivity index (χ1) is 14.5. The van der Waals surface area contributed by atoms with Crippen molar-refractivity contribution in [2.75, 3.05) is 32.1 Å². The first kappa shape index (κ1) is 20.4. The molecule has 0 atom stereocenters. The van der Waals surface area contributed by atoms with Gasteiger partial charge in [0.15, 0.2) is 0 Å². The number of likely N-dealkylation sites (tertiary alicyclic amines) is 1. The van der Waals surface area contributed by atoms with Gasteiger partial charge in [0.05, 0.1) is 13.7 Å². The largest absolute Gasteiger partial charge is 0.497 e. The van der Waals surface area contributed by atoms with E-state index in [1.54, 1.807) is 25.3 Å². The van der Waals surface area contributed by atoms with Crippen LogP contribution in [0.15, 0.2) is 53.5 Å². The highest BCUT2D eigenvalue weighted by Gasteiger charge is 2.42. The molecule has 1 spiro atoms. The predicted octanol–water partition coefficient (Wildman–Crippen LogP) is 2.70. The first-order valence-corrected chi connectivity index (χ1v) is 10.2. The molecule has 0 aromatic heterocycles. The third kappa shape index (κ3) is 4.47. The number of nitrogens with one attached hydrogen (secondary N) is 2. The third-order valence-corrected chi connectivity index (χ3v) is 5.62. The number of amides is 2. The summed E-state index contributed by atoms with van der Waals surface area (Å²) >= 11 is 6.05. The van der Waals surface area contributed by atoms with Crippen LogP contribution in [0.5, 0.6) is 5.75 Å². The lowest BCUT2D eigenvalue weighted by Gasteiger charge is -2.36. The van der Waals surface area contributed by atoms with E-state index >= 15 is 0 Å². The Morgan fingerprint density at radius 2 is 2.00 bits per heavy atom. The number of ether oxygens (including phenoxy) is 1. The minimum atomic E-state index is -0.603. The van der Waals surface area contributed by atoms with E-state index in [2.05, 4.69) is 15.5 Å². The fourth-order valence-electron chi connectivity index (χ4n) is 3.82. The van der Waals surface area contributed by atoms with Crippen molar-refractivity contribution in [1.29, 1.82) is 0 Å². The van der Waals surface area contributed by atoms with Gasteiger partial charge in [-0.25, -0.2) is 0 Å². The number of benzene rings is 2. The van der Waals surface area contributed by atoms with Crippen LogP contribution in [0.25, 0.3) is 0 Å². The summed E-state index contributed by atoms with van der Waals surface area (Å²) in [5.41, 5.74) is 1.24. The average molecular weight is 427 g/mol. The van der Waals surface area contributed by atoms with Gasteiger partial charge in [-0.1, -0.05) is 29.8 Å². The lowest BCUT2D eigenvalue weighted by molar-refractivity contribution is -0.119. The van der Waals surface area contributed by atoms with Crippen LogP contribution in [-0.2, 0) is 9.59 Å². The van der Waals surface area contributed by atoms with Crippen LogP contribution in [0.4, 0.5) is 5.69 Å². The maximum Gasteiger partial charge on any atom is 0.272 e. The van der Waals surface area contributed by atoms with Crippen molar-refractivity contribution >= 4 is 34.8 Å². The van der Waals surface area contributed by atoms with Crippen molar-refractivity contribution in [3.05, 3.63) is 59.1 Å². The molecule has 156 valence electrons. The molecule has 2 aliphatic rings. The second-order valence-electron chi connectivity index (χ2n) is 7.51. The molecule has 2 N–H and O–H groups in total. The number of aliphatic imine (C=N–C) groups is 1. The smallest absolute Gasteiger partial charge is 0.272 e. The standard InChI is InChI=1S/C22H23ClN4O3/c1-30-18-7-3-6-17(13-18)24-19(28)14-27-10-8-22(9-11-27)25-20(21(29)26-22)15-4-2-5-16(23)12-15/h2-7,12-13H,8-11,14H2,1H3,(H,24,28)(H,26,29). The maximum atomic E-state index is 12.5. The topological polar surface area (TPSA) is 83.0 Å². The maximum absolute atomic E-state index is 12.5. The van der Waals surface area contributed by atoms with Gasteiger partial charge in [0, 0.05) is 48.3 Å². The molecule has 7 nitrogen and oxygen atoms in total. The minimum absolute atomic E-state index is 0.0854. The quantitative estimate of drug-likeness (QED) is 0.770. The van der Waals surface area contributed by atoms with Crippen molar-refractivity contribution in [3.8, 4) is 5.75 Å². The molecule has 4 rings (SSSR count). The molecule has 1 saturated heterocycles. The molecular weight excluding hydrogens is 404 g/mol. The van der Waals surface area contributed by atoms with Crippen LogP contribution in [0.1, 0.15) is 18.4 Å². The Balaban J connectivity index is 1.35. The van der Waals surface area contributed by atoms with Crippen LogP contribution < -0.4 is 15.4 Å². The van der Waals surface area contributed by atoms with E-state index in [1.165, 1.54) is 0 Å². The summed E-state index contributed by atoms with van der Waals surface area (Å²) in [4.78, 5) is 31.7. The Morgan fingerprint density at radius 1 is 1.23 bits per heavy atom. The molecule has 0 saturated carbocycles. The summed E-state index contributed by atoms with van der Waals surface area (Å²) in [5.74, 6) is 0.428. The number of nitrogens with zero attached hydrogens (tertiary/aromatic N) is 2. The van der Waals surface area contributed by atoms with E-state index in [-0.39, 0.29) is 18.4 Å². The van der Waals surface area contributed by atoms with E-state index in [4.69, 9.17) is 21.3 Å². The molecule has 0 bridgehead atoms. The SMILES string of the molecule is COc1cccc(NC(=O)CN2CCC3(CC2)N=C(c2cccc(Cl)c2)C(=O)N3)c1. The lowest BCUT2D eigenvalue weighted by atomic mass is 9.98. The normalized spacial score (nSPS) is 18.1. The van der Waals surface area contributed by atoms with Gasteiger partial charge in [0.2, 0.25) is 5.91 Å². The summed E-state index contributed by atoms with van der Waals surface area (Å²) in [5, 5.41) is 6.50. The van der Waals surface area contributed by atoms with Crippen molar-refractivity contribution in [2.24, 2.45) is 4.99 Å². The van der Waals surface area contributed by atoms with Gasteiger partial charge in [0.1, 0.15) is 17.1 Å². The Kier molecular flexibility index (Phi) is 5.74. The van der Waals surface area contributed by atoms with Crippen molar-refractivity contribution < 1.29 is 14.3 Å². The van der Waals surface area contributed by atoms with Gasteiger partial charge >= 0.3 is 0 Å². The molecule has 0 aliphatic carbocycles. The number of halogens is 1. The number of carbonyl (C=O) groups is 2. The minimum Gasteiger partial charge on any atom is -0.497 e. The zero-order chi connectivity index (χ0) is 21.1. The van der Waals surface area contributed by atoms with Crippen LogP contribution in [0.2, 0.25) is 5.02 Å².